The lowest BCUT2D eigenvalue weighted by Crippen LogP contribution is -2.46. The number of benzene rings is 2. The summed E-state index contributed by atoms with van der Waals surface area (Å²) in [6.45, 7) is 2.04. The van der Waals surface area contributed by atoms with E-state index in [4.69, 9.17) is 21.1 Å². The maximum Gasteiger partial charge on any atom is 0.321 e. The van der Waals surface area contributed by atoms with Gasteiger partial charge in [-0.2, -0.15) is 0 Å². The molecular formula is C29H25ClF2N6O3. The third-order valence-electron chi connectivity index (χ3n) is 7.22. The zero-order valence-corrected chi connectivity index (χ0v) is 23.0. The molecule has 0 spiro atoms. The minimum Gasteiger partial charge on any atom is -0.424 e. The first-order valence-corrected chi connectivity index (χ1v) is 13.3. The first kappa shape index (κ1) is 27.0. The van der Waals surface area contributed by atoms with Gasteiger partial charge in [-0.25, -0.2) is 23.7 Å². The lowest BCUT2D eigenvalue weighted by molar-refractivity contribution is -0.138. The smallest absolute Gasteiger partial charge is 0.321 e. The summed E-state index contributed by atoms with van der Waals surface area (Å²) < 4.78 is 43.5. The number of hydrogen-bond acceptors (Lipinski definition) is 7. The van der Waals surface area contributed by atoms with E-state index in [0.29, 0.717) is 52.0 Å². The lowest BCUT2D eigenvalue weighted by atomic mass is 10.00. The van der Waals surface area contributed by atoms with E-state index in [1.807, 2.05) is 4.57 Å². The fraction of sp³-hybridized carbons (Fsp3) is 0.276. The second-order valence-electron chi connectivity index (χ2n) is 9.79. The third-order valence-corrected chi connectivity index (χ3v) is 7.53. The molecule has 2 atom stereocenters. The maximum atomic E-state index is 15.6. The second-order valence-corrected chi connectivity index (χ2v) is 10.2. The Labute approximate surface area is 238 Å². The molecule has 4 heterocycles. The number of halogens is 3. The van der Waals surface area contributed by atoms with Crippen LogP contribution in [0, 0.1) is 12.7 Å². The molecule has 210 valence electrons. The van der Waals surface area contributed by atoms with Crippen LogP contribution < -0.4 is 4.74 Å². The van der Waals surface area contributed by atoms with E-state index < -0.39 is 18.0 Å². The zero-order chi connectivity index (χ0) is 28.7. The quantitative estimate of drug-likeness (QED) is 0.255. The number of methoxy groups -OCH3 is 1. The number of alkyl halides is 1. The van der Waals surface area contributed by atoms with E-state index in [9.17, 15) is 4.79 Å². The molecule has 0 aliphatic carbocycles. The van der Waals surface area contributed by atoms with E-state index in [0.717, 1.165) is 0 Å². The molecule has 1 saturated heterocycles. The van der Waals surface area contributed by atoms with Crippen LogP contribution >= 0.6 is 11.6 Å². The number of ether oxygens (including phenoxy) is 2. The van der Waals surface area contributed by atoms with Crippen molar-refractivity contribution in [1.82, 2.24) is 29.4 Å². The molecule has 0 N–H and O–H groups in total. The SMILES string of the molecule is COCC(=O)N1CC[C@H](n2c(C)nc3cnc4cc(F)c(-c5ccc(Oc6ncccn6)cc5Cl)cc4c32)[C@@H](F)C1. The fourth-order valence-electron chi connectivity index (χ4n) is 5.37. The number of rotatable bonds is 6. The average Bonchev–Trinajstić information content (AvgIpc) is 3.29. The van der Waals surface area contributed by atoms with Crippen molar-refractivity contribution in [3.05, 3.63) is 71.7 Å². The summed E-state index contributed by atoms with van der Waals surface area (Å²) in [7, 11) is 1.43. The van der Waals surface area contributed by atoms with Gasteiger partial charge in [0.15, 0.2) is 0 Å². The van der Waals surface area contributed by atoms with Crippen LogP contribution in [0.15, 0.2) is 55.0 Å². The molecule has 6 rings (SSSR count). The highest BCUT2D eigenvalue weighted by Crippen LogP contribution is 2.39. The number of aryl methyl sites for hydroxylation is 1. The average molecular weight is 579 g/mol. The molecule has 0 radical (unpaired) electrons. The highest BCUT2D eigenvalue weighted by Gasteiger charge is 2.34. The molecule has 12 heteroatoms. The van der Waals surface area contributed by atoms with E-state index in [-0.39, 0.29) is 35.7 Å². The Bertz CT molecular complexity index is 1770. The molecule has 0 saturated carbocycles. The van der Waals surface area contributed by atoms with E-state index >= 15 is 8.78 Å². The number of pyridine rings is 1. The summed E-state index contributed by atoms with van der Waals surface area (Å²) in [5.74, 6) is 0.239. The van der Waals surface area contributed by atoms with Crippen molar-refractivity contribution in [3.8, 4) is 22.9 Å². The summed E-state index contributed by atoms with van der Waals surface area (Å²) in [6.07, 6.45) is 3.73. The minimum atomic E-state index is -1.33. The number of nitrogens with zero attached hydrogens (tertiary/aromatic N) is 6. The van der Waals surface area contributed by atoms with Crippen molar-refractivity contribution in [1.29, 1.82) is 0 Å². The summed E-state index contributed by atoms with van der Waals surface area (Å²) in [5, 5.41) is 0.872. The van der Waals surface area contributed by atoms with Crippen LogP contribution in [0.1, 0.15) is 18.3 Å². The van der Waals surface area contributed by atoms with E-state index in [1.165, 1.54) is 18.1 Å². The predicted molar refractivity (Wildman–Crippen MR) is 149 cm³/mol. The van der Waals surface area contributed by atoms with Gasteiger partial charge in [0, 0.05) is 54.7 Å². The summed E-state index contributed by atoms with van der Waals surface area (Å²) in [6, 6.07) is 9.16. The van der Waals surface area contributed by atoms with Crippen LogP contribution in [0.3, 0.4) is 0 Å². The Morgan fingerprint density at radius 2 is 1.93 bits per heavy atom. The molecule has 3 aromatic heterocycles. The highest BCUT2D eigenvalue weighted by atomic mass is 35.5. The van der Waals surface area contributed by atoms with Gasteiger partial charge >= 0.3 is 6.01 Å². The van der Waals surface area contributed by atoms with Gasteiger partial charge in [0.25, 0.3) is 0 Å². The van der Waals surface area contributed by atoms with Crippen molar-refractivity contribution in [3.63, 3.8) is 0 Å². The third kappa shape index (κ3) is 5.07. The van der Waals surface area contributed by atoms with Gasteiger partial charge in [-0.05, 0) is 37.6 Å². The molecule has 0 unspecified atom stereocenters. The number of likely N-dealkylation sites (tertiary alicyclic amines) is 1. The molecule has 41 heavy (non-hydrogen) atoms. The van der Waals surface area contributed by atoms with Gasteiger partial charge in [0.2, 0.25) is 5.91 Å². The van der Waals surface area contributed by atoms with Gasteiger partial charge in [0.1, 0.15) is 35.7 Å². The number of hydrogen-bond donors (Lipinski definition) is 0. The largest absolute Gasteiger partial charge is 0.424 e. The van der Waals surface area contributed by atoms with Crippen molar-refractivity contribution >= 4 is 39.4 Å². The minimum absolute atomic E-state index is 0.0487. The van der Waals surface area contributed by atoms with Crippen LogP contribution in [-0.4, -0.2) is 68.3 Å². The normalized spacial score (nSPS) is 17.3. The Morgan fingerprint density at radius 1 is 1.12 bits per heavy atom. The Hall–Kier alpha value is -4.22. The molecule has 2 aromatic carbocycles. The first-order valence-electron chi connectivity index (χ1n) is 13.0. The Morgan fingerprint density at radius 3 is 2.66 bits per heavy atom. The Kier molecular flexibility index (Phi) is 7.22. The fourth-order valence-corrected chi connectivity index (χ4v) is 5.64. The molecule has 1 aliphatic heterocycles. The highest BCUT2D eigenvalue weighted by molar-refractivity contribution is 6.33. The second kappa shape index (κ2) is 11.0. The molecule has 5 aromatic rings. The molecule has 1 aliphatic rings. The van der Waals surface area contributed by atoms with Crippen molar-refractivity contribution in [2.45, 2.75) is 25.6 Å². The topological polar surface area (TPSA) is 95.3 Å². The van der Waals surface area contributed by atoms with Crippen LogP contribution in [-0.2, 0) is 9.53 Å². The van der Waals surface area contributed by atoms with Crippen molar-refractivity contribution < 1.29 is 23.0 Å². The van der Waals surface area contributed by atoms with Crippen LogP contribution in [0.2, 0.25) is 5.02 Å². The number of imidazole rings is 1. The van der Waals surface area contributed by atoms with Crippen LogP contribution in [0.25, 0.3) is 33.1 Å². The molecule has 1 amide bonds. The molecule has 9 nitrogen and oxygen atoms in total. The maximum absolute atomic E-state index is 15.6. The van der Waals surface area contributed by atoms with Gasteiger partial charge < -0.3 is 18.9 Å². The first-order chi connectivity index (χ1) is 19.8. The van der Waals surface area contributed by atoms with Gasteiger partial charge in [-0.15, -0.1) is 0 Å². The lowest BCUT2D eigenvalue weighted by Gasteiger charge is -2.36. The van der Waals surface area contributed by atoms with E-state index in [2.05, 4.69) is 19.9 Å². The van der Waals surface area contributed by atoms with Gasteiger partial charge in [-0.1, -0.05) is 11.6 Å². The number of carbonyl (C=O) groups is 1. The van der Waals surface area contributed by atoms with E-state index in [1.54, 1.807) is 55.8 Å². The standard InChI is InChI=1S/C29H25ClF2N6O3/c1-16-36-25-13-35-24-12-22(31)19(18-5-4-17(10-21(18)30)41-29-33-7-3-8-34-29)11-20(24)28(25)38(16)26-6-9-37(14-23(26)32)27(39)15-40-2/h3-5,7-8,10-13,23,26H,6,9,14-15H2,1-2H3/t23-,26-/m0/s1. The number of carbonyl (C=O) groups excluding carboxylic acids is 1. The van der Waals surface area contributed by atoms with Crippen molar-refractivity contribution in [2.75, 3.05) is 26.8 Å². The molecule has 0 bridgehead atoms. The number of amides is 1. The van der Waals surface area contributed by atoms with Crippen LogP contribution in [0.4, 0.5) is 8.78 Å². The van der Waals surface area contributed by atoms with Crippen LogP contribution in [0.5, 0.6) is 11.8 Å². The number of piperidine rings is 1. The van der Waals surface area contributed by atoms with Crippen molar-refractivity contribution in [2.24, 2.45) is 0 Å². The van der Waals surface area contributed by atoms with Gasteiger partial charge in [0.05, 0.1) is 34.8 Å². The Balaban J connectivity index is 1.40. The zero-order valence-electron chi connectivity index (χ0n) is 22.2. The summed E-state index contributed by atoms with van der Waals surface area (Å²) >= 11 is 6.60. The molecular weight excluding hydrogens is 554 g/mol. The summed E-state index contributed by atoms with van der Waals surface area (Å²) in [4.78, 5) is 30.9. The summed E-state index contributed by atoms with van der Waals surface area (Å²) in [5.41, 5.74) is 2.31. The number of fused-ring (bicyclic) bond motifs is 3. The van der Waals surface area contributed by atoms with Gasteiger partial charge in [-0.3, -0.25) is 9.78 Å². The number of aromatic nitrogens is 5. The molecule has 1 fully saturated rings. The predicted octanol–water partition coefficient (Wildman–Crippen LogP) is 5.69. The monoisotopic (exact) mass is 578 g/mol.